The van der Waals surface area contributed by atoms with E-state index in [1.54, 1.807) is 29.2 Å². The molecule has 140 valence electrons. The smallest absolute Gasteiger partial charge is 0.295 e. The van der Waals surface area contributed by atoms with Crippen LogP contribution in [-0.2, 0) is 9.59 Å². The molecule has 0 saturated carbocycles. The molecule has 0 aromatic heterocycles. The van der Waals surface area contributed by atoms with Crippen molar-refractivity contribution in [1.82, 2.24) is 4.90 Å². The molecule has 1 saturated heterocycles. The van der Waals surface area contributed by atoms with Gasteiger partial charge < -0.3 is 14.9 Å². The van der Waals surface area contributed by atoms with Crippen molar-refractivity contribution in [2.45, 2.75) is 6.04 Å². The van der Waals surface area contributed by atoms with E-state index in [1.807, 2.05) is 44.4 Å². The van der Waals surface area contributed by atoms with Gasteiger partial charge in [-0.05, 0) is 29.8 Å². The van der Waals surface area contributed by atoms with Gasteiger partial charge in [-0.25, -0.2) is 0 Å². The van der Waals surface area contributed by atoms with Crippen LogP contribution in [0.1, 0.15) is 17.2 Å². The molecule has 3 rings (SSSR count). The Balaban J connectivity index is 2.12. The minimum Gasteiger partial charge on any atom is -0.507 e. The van der Waals surface area contributed by atoms with Crippen LogP contribution in [-0.4, -0.2) is 48.9 Å². The third kappa shape index (κ3) is 3.89. The first-order valence-electron chi connectivity index (χ1n) is 8.78. The molecule has 0 spiro atoms. The lowest BCUT2D eigenvalue weighted by molar-refractivity contribution is -0.857. The number of Topliss-reactive ketones (excluding diaryl/α,β-unsaturated/α-hetero) is 1. The van der Waals surface area contributed by atoms with Crippen molar-refractivity contribution in [2.75, 3.05) is 27.2 Å². The number of aliphatic hydroxyl groups is 1. The van der Waals surface area contributed by atoms with Crippen molar-refractivity contribution in [2.24, 2.45) is 0 Å². The Bertz CT molecular complexity index is 876. The van der Waals surface area contributed by atoms with E-state index in [4.69, 9.17) is 11.6 Å². The zero-order valence-electron chi connectivity index (χ0n) is 15.3. The fourth-order valence-electron chi connectivity index (χ4n) is 3.20. The number of likely N-dealkylation sites (tertiary alicyclic amines) is 1. The molecule has 1 heterocycles. The summed E-state index contributed by atoms with van der Waals surface area (Å²) in [5.74, 6) is -1.43. The van der Waals surface area contributed by atoms with Crippen LogP contribution in [0.2, 0.25) is 5.02 Å². The highest BCUT2D eigenvalue weighted by Gasteiger charge is 2.46. The second kappa shape index (κ2) is 7.94. The number of carbonyl (C=O) groups is 2. The highest BCUT2D eigenvalue weighted by molar-refractivity contribution is 6.46. The van der Waals surface area contributed by atoms with Crippen LogP contribution < -0.4 is 4.90 Å². The normalized spacial score (nSPS) is 19.1. The molecule has 1 aliphatic heterocycles. The SMILES string of the molecule is C[NH+](C)CCN1C(=O)C(=O)C(=C(O)c2ccc(Cl)cc2)[C@H]1c1ccccc1. The molecule has 2 aromatic carbocycles. The average Bonchev–Trinajstić information content (AvgIpc) is 2.91. The number of amides is 1. The summed E-state index contributed by atoms with van der Waals surface area (Å²) in [6, 6.07) is 15.2. The summed E-state index contributed by atoms with van der Waals surface area (Å²) >= 11 is 5.92. The Labute approximate surface area is 163 Å². The predicted molar refractivity (Wildman–Crippen MR) is 105 cm³/mol. The first-order valence-corrected chi connectivity index (χ1v) is 9.16. The van der Waals surface area contributed by atoms with Crippen LogP contribution in [0.15, 0.2) is 60.2 Å². The van der Waals surface area contributed by atoms with Crippen molar-refractivity contribution in [1.29, 1.82) is 0 Å². The van der Waals surface area contributed by atoms with Gasteiger partial charge in [0.05, 0.1) is 38.8 Å². The Morgan fingerprint density at radius 2 is 1.70 bits per heavy atom. The summed E-state index contributed by atoms with van der Waals surface area (Å²) in [5.41, 5.74) is 1.36. The van der Waals surface area contributed by atoms with Crippen LogP contribution >= 0.6 is 11.6 Å². The summed E-state index contributed by atoms with van der Waals surface area (Å²) in [7, 11) is 3.98. The molecular formula is C21H22ClN2O3+. The standard InChI is InChI=1S/C21H21ClN2O3/c1-23(2)12-13-24-18(14-6-4-3-5-7-14)17(20(26)21(24)27)19(25)15-8-10-16(22)11-9-15/h3-11,18,25H,12-13H2,1-2H3/p+1/t18-/m1/s1. The van der Waals surface area contributed by atoms with E-state index in [-0.39, 0.29) is 11.3 Å². The average molecular weight is 386 g/mol. The van der Waals surface area contributed by atoms with E-state index in [0.717, 1.165) is 5.56 Å². The van der Waals surface area contributed by atoms with Gasteiger partial charge in [-0.15, -0.1) is 0 Å². The molecule has 1 amide bonds. The van der Waals surface area contributed by atoms with E-state index in [1.165, 1.54) is 4.90 Å². The second-order valence-electron chi connectivity index (χ2n) is 6.87. The van der Waals surface area contributed by atoms with E-state index < -0.39 is 17.7 Å². The lowest BCUT2D eigenvalue weighted by Gasteiger charge is -2.25. The number of hydrogen-bond acceptors (Lipinski definition) is 3. The van der Waals surface area contributed by atoms with Crippen molar-refractivity contribution in [3.8, 4) is 0 Å². The number of rotatable bonds is 5. The number of nitrogens with zero attached hydrogens (tertiary/aromatic N) is 1. The molecular weight excluding hydrogens is 364 g/mol. The first kappa shape index (κ1) is 19.1. The van der Waals surface area contributed by atoms with Gasteiger partial charge in [-0.3, -0.25) is 9.59 Å². The minimum atomic E-state index is -0.662. The van der Waals surface area contributed by atoms with E-state index in [0.29, 0.717) is 23.7 Å². The molecule has 5 nitrogen and oxygen atoms in total. The molecule has 27 heavy (non-hydrogen) atoms. The van der Waals surface area contributed by atoms with Gasteiger partial charge in [0, 0.05) is 10.6 Å². The van der Waals surface area contributed by atoms with Gasteiger partial charge in [-0.2, -0.15) is 0 Å². The largest absolute Gasteiger partial charge is 0.507 e. The van der Waals surface area contributed by atoms with Crippen LogP contribution in [0.5, 0.6) is 0 Å². The highest BCUT2D eigenvalue weighted by atomic mass is 35.5. The maximum atomic E-state index is 12.8. The molecule has 1 aliphatic rings. The van der Waals surface area contributed by atoms with Gasteiger partial charge in [0.1, 0.15) is 5.76 Å². The van der Waals surface area contributed by atoms with Gasteiger partial charge in [0.2, 0.25) is 0 Å². The first-order chi connectivity index (χ1) is 12.9. The Hall–Kier alpha value is -2.63. The van der Waals surface area contributed by atoms with Crippen LogP contribution in [0.4, 0.5) is 0 Å². The van der Waals surface area contributed by atoms with Crippen LogP contribution in [0.25, 0.3) is 5.76 Å². The number of ketones is 1. The van der Waals surface area contributed by atoms with Gasteiger partial charge in [0.15, 0.2) is 0 Å². The van der Waals surface area contributed by atoms with Crippen molar-refractivity contribution >= 4 is 29.1 Å². The monoisotopic (exact) mass is 385 g/mol. The third-order valence-electron chi connectivity index (χ3n) is 4.63. The number of likely N-dealkylation sites (N-methyl/N-ethyl adjacent to an activating group) is 1. The number of nitrogens with one attached hydrogen (secondary N) is 1. The van der Waals surface area contributed by atoms with Crippen molar-refractivity contribution in [3.05, 3.63) is 76.3 Å². The second-order valence-corrected chi connectivity index (χ2v) is 7.30. The highest BCUT2D eigenvalue weighted by Crippen LogP contribution is 2.39. The topological polar surface area (TPSA) is 62.0 Å². The Kier molecular flexibility index (Phi) is 5.63. The molecule has 1 atom stereocenters. The summed E-state index contributed by atoms with van der Waals surface area (Å²) in [5, 5.41) is 11.4. The zero-order chi connectivity index (χ0) is 19.6. The van der Waals surface area contributed by atoms with Crippen molar-refractivity contribution in [3.63, 3.8) is 0 Å². The molecule has 1 fully saturated rings. The Morgan fingerprint density at radius 1 is 1.07 bits per heavy atom. The maximum absolute atomic E-state index is 12.8. The zero-order valence-corrected chi connectivity index (χ0v) is 16.0. The fourth-order valence-corrected chi connectivity index (χ4v) is 3.33. The van der Waals surface area contributed by atoms with E-state index >= 15 is 0 Å². The minimum absolute atomic E-state index is 0.113. The molecule has 0 unspecified atom stereocenters. The number of quaternary nitrogens is 1. The summed E-state index contributed by atoms with van der Waals surface area (Å²) in [6.45, 7) is 1.11. The fraction of sp³-hybridized carbons (Fsp3) is 0.238. The molecule has 2 N–H and O–H groups in total. The summed E-state index contributed by atoms with van der Waals surface area (Å²) < 4.78 is 0. The van der Waals surface area contributed by atoms with Crippen LogP contribution in [0, 0.1) is 0 Å². The molecule has 2 aromatic rings. The van der Waals surface area contributed by atoms with Gasteiger partial charge in [0.25, 0.3) is 11.7 Å². The molecule has 0 bridgehead atoms. The summed E-state index contributed by atoms with van der Waals surface area (Å²) in [4.78, 5) is 28.2. The van der Waals surface area contributed by atoms with E-state index in [2.05, 4.69) is 0 Å². The third-order valence-corrected chi connectivity index (χ3v) is 4.88. The Morgan fingerprint density at radius 3 is 2.30 bits per heavy atom. The molecule has 6 heteroatoms. The predicted octanol–water partition coefficient (Wildman–Crippen LogP) is 1.91. The van der Waals surface area contributed by atoms with E-state index in [9.17, 15) is 14.7 Å². The number of aliphatic hydroxyl groups excluding tert-OH is 1. The van der Waals surface area contributed by atoms with Crippen LogP contribution in [0.3, 0.4) is 0 Å². The van der Waals surface area contributed by atoms with Gasteiger partial charge in [-0.1, -0.05) is 41.9 Å². The van der Waals surface area contributed by atoms with Crippen molar-refractivity contribution < 1.29 is 19.6 Å². The molecule has 0 radical (unpaired) electrons. The quantitative estimate of drug-likeness (QED) is 0.469. The maximum Gasteiger partial charge on any atom is 0.295 e. The lowest BCUT2D eigenvalue weighted by atomic mass is 9.95. The van der Waals surface area contributed by atoms with Gasteiger partial charge >= 0.3 is 0 Å². The lowest BCUT2D eigenvalue weighted by Crippen LogP contribution is -3.06. The molecule has 0 aliphatic carbocycles. The number of carbonyl (C=O) groups excluding carboxylic acids is 2. The number of hydrogen-bond donors (Lipinski definition) is 2. The number of benzene rings is 2. The summed E-state index contributed by atoms with van der Waals surface area (Å²) in [6.07, 6.45) is 0. The number of halogens is 1.